The molecule has 0 heterocycles. The fourth-order valence-electron chi connectivity index (χ4n) is 2.08. The van der Waals surface area contributed by atoms with E-state index in [1.165, 1.54) is 16.7 Å². The maximum atomic E-state index is 5.63. The van der Waals surface area contributed by atoms with Gasteiger partial charge in [0, 0.05) is 5.56 Å². The van der Waals surface area contributed by atoms with Gasteiger partial charge < -0.3 is 4.74 Å². The minimum atomic E-state index is 0.217. The molecule has 0 aromatic heterocycles. The molecule has 2 aromatic rings. The summed E-state index contributed by atoms with van der Waals surface area (Å²) in [6, 6.07) is 16.4. The average molecular weight is 269 g/mol. The van der Waals surface area contributed by atoms with Gasteiger partial charge in [-0.3, -0.25) is 0 Å². The van der Waals surface area contributed by atoms with Gasteiger partial charge in [-0.05, 0) is 35.8 Å². The molecule has 2 aromatic carbocycles. The summed E-state index contributed by atoms with van der Waals surface area (Å²) in [4.78, 5) is 3.79. The molecule has 0 unspecified atom stereocenters. The Kier molecular flexibility index (Phi) is 4.85. The van der Waals surface area contributed by atoms with E-state index < -0.39 is 0 Å². The molecule has 0 aliphatic carbocycles. The Hall–Kier alpha value is -1.96. The predicted molar refractivity (Wildman–Crippen MR) is 81.8 cm³/mol. The van der Waals surface area contributed by atoms with Gasteiger partial charge in [0.1, 0.15) is 5.75 Å². The lowest BCUT2D eigenvalue weighted by Gasteiger charge is -2.13. The van der Waals surface area contributed by atoms with Crippen LogP contribution in [0.4, 0.5) is 0 Å². The van der Waals surface area contributed by atoms with E-state index in [1.54, 1.807) is 0 Å². The van der Waals surface area contributed by atoms with Crippen LogP contribution in [0.5, 0.6) is 5.75 Å². The largest absolute Gasteiger partial charge is 0.470 e. The van der Waals surface area contributed by atoms with Crippen molar-refractivity contribution < 1.29 is 4.74 Å². The van der Waals surface area contributed by atoms with Gasteiger partial charge in [-0.15, -0.1) is 0 Å². The first-order chi connectivity index (χ1) is 9.36. The minimum Gasteiger partial charge on any atom is -0.470 e. The number of ether oxygens (including phenoxy) is 1. The van der Waals surface area contributed by atoms with Gasteiger partial charge in [0.05, 0.1) is 5.16 Å². The zero-order chi connectivity index (χ0) is 13.5. The summed E-state index contributed by atoms with van der Waals surface area (Å²) >= 11 is 4.53. The van der Waals surface area contributed by atoms with Crippen molar-refractivity contribution in [1.29, 1.82) is 0 Å². The average Bonchev–Trinajstić information content (AvgIpc) is 2.48. The Balaban J connectivity index is 2.39. The van der Waals surface area contributed by atoms with E-state index >= 15 is 0 Å². The van der Waals surface area contributed by atoms with Crippen LogP contribution in [0.2, 0.25) is 0 Å². The molecule has 0 N–H and O–H groups in total. The van der Waals surface area contributed by atoms with Gasteiger partial charge in [0.2, 0.25) is 0 Å². The smallest absolute Gasteiger partial charge is 0.188 e. The van der Waals surface area contributed by atoms with Crippen molar-refractivity contribution in [2.24, 2.45) is 4.99 Å². The van der Waals surface area contributed by atoms with Crippen molar-refractivity contribution in [3.05, 3.63) is 54.1 Å². The van der Waals surface area contributed by atoms with E-state index in [0.29, 0.717) is 0 Å². The van der Waals surface area contributed by atoms with Gasteiger partial charge in [0.25, 0.3) is 0 Å². The molecular weight excluding hydrogens is 254 g/mol. The third-order valence-electron chi connectivity index (χ3n) is 2.92. The number of hydrogen-bond donors (Lipinski definition) is 0. The van der Waals surface area contributed by atoms with Crippen LogP contribution in [0.25, 0.3) is 11.1 Å². The molecule has 0 saturated heterocycles. The number of rotatable bonds is 5. The molecule has 96 valence electrons. The summed E-state index contributed by atoms with van der Waals surface area (Å²) in [5, 5.41) is 2.31. The predicted octanol–water partition coefficient (Wildman–Crippen LogP) is 4.36. The van der Waals surface area contributed by atoms with Crippen LogP contribution in [0.1, 0.15) is 12.5 Å². The van der Waals surface area contributed by atoms with E-state index in [2.05, 4.69) is 47.5 Å². The number of thiocarbonyl (C=S) groups is 1. The van der Waals surface area contributed by atoms with Gasteiger partial charge in [-0.2, -0.15) is 4.99 Å². The highest BCUT2D eigenvalue weighted by atomic mass is 32.1. The molecule has 0 aliphatic heterocycles. The molecule has 0 amide bonds. The van der Waals surface area contributed by atoms with Gasteiger partial charge in [-0.1, -0.05) is 49.4 Å². The molecule has 0 saturated carbocycles. The summed E-state index contributed by atoms with van der Waals surface area (Å²) in [6.07, 6.45) is 0.904. The molecule has 19 heavy (non-hydrogen) atoms. The summed E-state index contributed by atoms with van der Waals surface area (Å²) in [7, 11) is 0. The summed E-state index contributed by atoms with van der Waals surface area (Å²) in [5.41, 5.74) is 3.59. The van der Waals surface area contributed by atoms with E-state index in [1.807, 2.05) is 30.3 Å². The van der Waals surface area contributed by atoms with Crippen molar-refractivity contribution in [2.45, 2.75) is 13.3 Å². The lowest BCUT2D eigenvalue weighted by Crippen LogP contribution is -1.98. The quantitative estimate of drug-likeness (QED) is 0.594. The van der Waals surface area contributed by atoms with E-state index in [-0.39, 0.29) is 6.73 Å². The topological polar surface area (TPSA) is 21.6 Å². The van der Waals surface area contributed by atoms with Crippen molar-refractivity contribution in [3.63, 3.8) is 0 Å². The first kappa shape index (κ1) is 13.5. The summed E-state index contributed by atoms with van der Waals surface area (Å²) in [6.45, 7) is 2.34. The highest BCUT2D eigenvalue weighted by molar-refractivity contribution is 7.78. The molecule has 0 radical (unpaired) electrons. The third-order valence-corrected chi connectivity index (χ3v) is 3.05. The highest BCUT2D eigenvalue weighted by Gasteiger charge is 2.09. The summed E-state index contributed by atoms with van der Waals surface area (Å²) in [5.74, 6) is 0.859. The normalized spacial score (nSPS) is 9.74. The van der Waals surface area contributed by atoms with Crippen LogP contribution in [-0.4, -0.2) is 11.9 Å². The Morgan fingerprint density at radius 3 is 2.58 bits per heavy atom. The maximum absolute atomic E-state index is 5.63. The van der Waals surface area contributed by atoms with Crippen molar-refractivity contribution in [1.82, 2.24) is 0 Å². The van der Waals surface area contributed by atoms with E-state index in [9.17, 15) is 0 Å². The Morgan fingerprint density at radius 1 is 1.11 bits per heavy atom. The lowest BCUT2D eigenvalue weighted by atomic mass is 9.97. The van der Waals surface area contributed by atoms with E-state index in [0.717, 1.165) is 12.2 Å². The first-order valence-corrected chi connectivity index (χ1v) is 6.61. The molecule has 0 atom stereocenters. The van der Waals surface area contributed by atoms with Crippen molar-refractivity contribution in [3.8, 4) is 16.9 Å². The van der Waals surface area contributed by atoms with E-state index in [4.69, 9.17) is 4.74 Å². The minimum absolute atomic E-state index is 0.217. The van der Waals surface area contributed by atoms with Crippen LogP contribution in [0, 0.1) is 0 Å². The molecule has 2 rings (SSSR count). The Bertz CT molecular complexity index is 589. The standard InChI is InChI=1S/C16H15NOS/c1-2-14-15(13-7-4-3-5-8-13)9-6-10-16(14)18-11-17-12-19/h3-10H,2,11H2,1H3. The van der Waals surface area contributed by atoms with Gasteiger partial charge in [0.15, 0.2) is 6.73 Å². The maximum Gasteiger partial charge on any atom is 0.188 e. The molecule has 2 nitrogen and oxygen atoms in total. The second-order valence-corrected chi connectivity index (χ2v) is 4.21. The zero-order valence-electron chi connectivity index (χ0n) is 10.8. The zero-order valence-corrected chi connectivity index (χ0v) is 11.6. The third kappa shape index (κ3) is 3.28. The van der Waals surface area contributed by atoms with Crippen LogP contribution in [0.15, 0.2) is 53.5 Å². The molecule has 0 spiro atoms. The first-order valence-electron chi connectivity index (χ1n) is 6.20. The Morgan fingerprint density at radius 2 is 1.89 bits per heavy atom. The number of nitrogens with zero attached hydrogens (tertiary/aromatic N) is 1. The van der Waals surface area contributed by atoms with Crippen LogP contribution in [-0.2, 0) is 6.42 Å². The van der Waals surface area contributed by atoms with Crippen LogP contribution in [0.3, 0.4) is 0 Å². The SMILES string of the molecule is CCc1c(OCN=C=S)cccc1-c1ccccc1. The lowest BCUT2D eigenvalue weighted by molar-refractivity contribution is 0.329. The van der Waals surface area contributed by atoms with Crippen LogP contribution >= 0.6 is 12.2 Å². The van der Waals surface area contributed by atoms with Crippen molar-refractivity contribution >= 4 is 17.4 Å². The molecular formula is C16H15NOS. The monoisotopic (exact) mass is 269 g/mol. The van der Waals surface area contributed by atoms with Crippen molar-refractivity contribution in [2.75, 3.05) is 6.73 Å². The molecule has 3 heteroatoms. The highest BCUT2D eigenvalue weighted by Crippen LogP contribution is 2.31. The molecule has 0 bridgehead atoms. The fourth-order valence-corrected chi connectivity index (χ4v) is 2.13. The van der Waals surface area contributed by atoms with Gasteiger partial charge >= 0.3 is 0 Å². The number of hydrogen-bond acceptors (Lipinski definition) is 3. The van der Waals surface area contributed by atoms with Gasteiger partial charge in [-0.25, -0.2) is 0 Å². The second kappa shape index (κ2) is 6.83. The Labute approximate surface area is 118 Å². The number of benzene rings is 2. The second-order valence-electron chi connectivity index (χ2n) is 4.02. The molecule has 0 aliphatic rings. The number of aliphatic imine (C=N–C) groups is 1. The number of isothiocyanates is 1. The summed E-state index contributed by atoms with van der Waals surface area (Å²) < 4.78 is 5.63. The molecule has 0 fully saturated rings. The fraction of sp³-hybridized carbons (Fsp3) is 0.188. The van der Waals surface area contributed by atoms with Crippen LogP contribution < -0.4 is 4.74 Å².